The van der Waals surface area contributed by atoms with Crippen LogP contribution in [-0.2, 0) is 9.53 Å². The number of aliphatic hydroxyl groups excluding tert-OH is 1. The van der Waals surface area contributed by atoms with Crippen molar-refractivity contribution in [1.82, 2.24) is 10.2 Å². The third-order valence-electron chi connectivity index (χ3n) is 3.88. The molecule has 1 aliphatic carbocycles. The molecule has 0 aromatic rings. The summed E-state index contributed by atoms with van der Waals surface area (Å²) in [6, 6.07) is 0. The minimum absolute atomic E-state index is 0.0968. The zero-order valence-corrected chi connectivity index (χ0v) is 13.1. The highest BCUT2D eigenvalue weighted by molar-refractivity contribution is 5.75. The fraction of sp³-hybridized carbons (Fsp3) is 0.933. The maximum absolute atomic E-state index is 11.3. The molecule has 1 amide bonds. The lowest BCUT2D eigenvalue weighted by Gasteiger charge is -2.27. The molecule has 5 nitrogen and oxygen atoms in total. The van der Waals surface area contributed by atoms with Crippen LogP contribution in [-0.4, -0.2) is 61.9 Å². The Kier molecular flexibility index (Phi) is 8.11. The van der Waals surface area contributed by atoms with Gasteiger partial charge in [0.15, 0.2) is 0 Å². The van der Waals surface area contributed by atoms with Gasteiger partial charge in [-0.15, -0.1) is 0 Å². The number of hydrogen-bond donors (Lipinski definition) is 2. The molecule has 0 aromatic carbocycles. The Labute approximate surface area is 122 Å². The lowest BCUT2D eigenvalue weighted by atomic mass is 9.89. The van der Waals surface area contributed by atoms with Crippen molar-refractivity contribution in [1.29, 1.82) is 0 Å². The van der Waals surface area contributed by atoms with Crippen LogP contribution in [0.4, 0.5) is 0 Å². The largest absolute Gasteiger partial charge is 0.389 e. The van der Waals surface area contributed by atoms with Crippen molar-refractivity contribution >= 4 is 5.91 Å². The minimum Gasteiger partial charge on any atom is -0.389 e. The summed E-state index contributed by atoms with van der Waals surface area (Å²) < 4.78 is 5.74. The van der Waals surface area contributed by atoms with Crippen molar-refractivity contribution in [3.8, 4) is 0 Å². The fourth-order valence-corrected chi connectivity index (χ4v) is 2.39. The molecule has 5 heteroatoms. The molecule has 1 unspecified atom stereocenters. The Morgan fingerprint density at radius 3 is 2.60 bits per heavy atom. The Bertz CT molecular complexity index is 276. The highest BCUT2D eigenvalue weighted by Gasteiger charge is 2.19. The van der Waals surface area contributed by atoms with E-state index in [9.17, 15) is 9.90 Å². The second kappa shape index (κ2) is 9.32. The van der Waals surface area contributed by atoms with Crippen molar-refractivity contribution in [3.63, 3.8) is 0 Å². The Morgan fingerprint density at radius 2 is 2.00 bits per heavy atom. The Hall–Kier alpha value is -0.650. The van der Waals surface area contributed by atoms with Gasteiger partial charge < -0.3 is 20.1 Å². The fourth-order valence-electron chi connectivity index (χ4n) is 2.39. The van der Waals surface area contributed by atoms with E-state index in [2.05, 4.69) is 12.2 Å². The molecule has 2 N–H and O–H groups in total. The van der Waals surface area contributed by atoms with Gasteiger partial charge in [0.25, 0.3) is 0 Å². The second-order valence-corrected chi connectivity index (χ2v) is 6.11. The van der Waals surface area contributed by atoms with Gasteiger partial charge in [0.2, 0.25) is 5.91 Å². The van der Waals surface area contributed by atoms with E-state index in [4.69, 9.17) is 4.74 Å². The van der Waals surface area contributed by atoms with Gasteiger partial charge in [-0.25, -0.2) is 0 Å². The molecule has 1 atom stereocenters. The summed E-state index contributed by atoms with van der Waals surface area (Å²) in [4.78, 5) is 12.9. The van der Waals surface area contributed by atoms with E-state index in [1.165, 1.54) is 12.8 Å². The number of amides is 1. The first-order chi connectivity index (χ1) is 9.49. The van der Waals surface area contributed by atoms with Crippen LogP contribution in [0.5, 0.6) is 0 Å². The molecule has 0 saturated heterocycles. The molecule has 1 saturated carbocycles. The predicted molar refractivity (Wildman–Crippen MR) is 79.6 cm³/mol. The summed E-state index contributed by atoms with van der Waals surface area (Å²) >= 11 is 0. The Balaban J connectivity index is 2.00. The van der Waals surface area contributed by atoms with Crippen molar-refractivity contribution in [2.24, 2.45) is 5.92 Å². The molecule has 0 aliphatic heterocycles. The summed E-state index contributed by atoms with van der Waals surface area (Å²) in [6.07, 6.45) is 4.95. The van der Waals surface area contributed by atoms with E-state index in [0.717, 1.165) is 18.8 Å². The third kappa shape index (κ3) is 7.22. The van der Waals surface area contributed by atoms with Crippen LogP contribution in [0.15, 0.2) is 0 Å². The summed E-state index contributed by atoms with van der Waals surface area (Å²) in [6.45, 7) is 3.73. The molecular formula is C15H30N2O3. The molecule has 1 rings (SSSR count). The summed E-state index contributed by atoms with van der Waals surface area (Å²) in [5.74, 6) is 0.912. The molecule has 1 aliphatic rings. The first-order valence-electron chi connectivity index (χ1n) is 7.69. The lowest BCUT2D eigenvalue weighted by molar-refractivity contribution is -0.128. The maximum atomic E-state index is 11.3. The van der Waals surface area contributed by atoms with Crippen LogP contribution in [0.2, 0.25) is 0 Å². The van der Waals surface area contributed by atoms with Gasteiger partial charge in [0, 0.05) is 33.6 Å². The van der Waals surface area contributed by atoms with Gasteiger partial charge in [0.1, 0.15) is 0 Å². The molecule has 20 heavy (non-hydrogen) atoms. The van der Waals surface area contributed by atoms with E-state index >= 15 is 0 Å². The number of nitrogens with zero attached hydrogens (tertiary/aromatic N) is 1. The zero-order chi connectivity index (χ0) is 15.0. The average Bonchev–Trinajstić information content (AvgIpc) is 2.42. The lowest BCUT2D eigenvalue weighted by Crippen LogP contribution is -2.34. The van der Waals surface area contributed by atoms with E-state index in [-0.39, 0.29) is 5.91 Å². The highest BCUT2D eigenvalue weighted by Crippen LogP contribution is 2.25. The second-order valence-electron chi connectivity index (χ2n) is 6.11. The molecule has 118 valence electrons. The monoisotopic (exact) mass is 286 g/mol. The van der Waals surface area contributed by atoms with Gasteiger partial charge in [0.05, 0.1) is 18.8 Å². The smallest absolute Gasteiger partial charge is 0.223 e. The first-order valence-corrected chi connectivity index (χ1v) is 7.69. The van der Waals surface area contributed by atoms with Crippen molar-refractivity contribution < 1.29 is 14.6 Å². The third-order valence-corrected chi connectivity index (χ3v) is 3.88. The first kappa shape index (κ1) is 17.4. The summed E-state index contributed by atoms with van der Waals surface area (Å²) in [5.41, 5.74) is 0. The number of hydrogen-bond acceptors (Lipinski definition) is 4. The number of aliphatic hydroxyl groups is 1. The van der Waals surface area contributed by atoms with Crippen LogP contribution in [0.1, 0.15) is 39.0 Å². The average molecular weight is 286 g/mol. The molecule has 0 heterocycles. The predicted octanol–water partition coefficient (Wildman–Crippen LogP) is 1.01. The van der Waals surface area contributed by atoms with E-state index in [0.29, 0.717) is 32.2 Å². The van der Waals surface area contributed by atoms with E-state index in [1.54, 1.807) is 19.0 Å². The molecule has 0 radical (unpaired) electrons. The Morgan fingerprint density at radius 1 is 1.35 bits per heavy atom. The summed E-state index contributed by atoms with van der Waals surface area (Å²) in [5, 5.41) is 12.9. The zero-order valence-electron chi connectivity index (χ0n) is 13.1. The van der Waals surface area contributed by atoms with Crippen molar-refractivity contribution in [2.75, 3.05) is 33.8 Å². The number of carbonyl (C=O) groups excluding carboxylic acids is 1. The topological polar surface area (TPSA) is 61.8 Å². The number of rotatable bonds is 8. The standard InChI is InChI=1S/C15H30N2O3/c1-12-4-6-14(7-5-12)20-11-13(18)10-16-9-8-15(19)17(2)3/h12-14,16,18H,4-11H2,1-3H3. The van der Waals surface area contributed by atoms with Crippen LogP contribution in [0, 0.1) is 5.92 Å². The molecule has 0 spiro atoms. The van der Waals surface area contributed by atoms with Gasteiger partial charge in [-0.05, 0) is 31.6 Å². The van der Waals surface area contributed by atoms with Gasteiger partial charge >= 0.3 is 0 Å². The van der Waals surface area contributed by atoms with Gasteiger partial charge in [-0.1, -0.05) is 6.92 Å². The van der Waals surface area contributed by atoms with Crippen molar-refractivity contribution in [3.05, 3.63) is 0 Å². The van der Waals surface area contributed by atoms with Crippen LogP contribution >= 0.6 is 0 Å². The van der Waals surface area contributed by atoms with Gasteiger partial charge in [-0.3, -0.25) is 4.79 Å². The SMILES string of the molecule is CC1CCC(OCC(O)CNCCC(=O)N(C)C)CC1. The minimum atomic E-state index is -0.496. The number of ether oxygens (including phenoxy) is 1. The normalized spacial score (nSPS) is 24.4. The van der Waals surface area contributed by atoms with Crippen LogP contribution in [0.25, 0.3) is 0 Å². The number of nitrogens with one attached hydrogen (secondary N) is 1. The molecule has 1 fully saturated rings. The summed E-state index contributed by atoms with van der Waals surface area (Å²) in [7, 11) is 3.49. The van der Waals surface area contributed by atoms with Crippen LogP contribution < -0.4 is 5.32 Å². The van der Waals surface area contributed by atoms with Crippen molar-refractivity contribution in [2.45, 2.75) is 51.2 Å². The quantitative estimate of drug-likeness (QED) is 0.654. The molecule has 0 bridgehead atoms. The molecular weight excluding hydrogens is 256 g/mol. The maximum Gasteiger partial charge on any atom is 0.223 e. The molecule has 0 aromatic heterocycles. The van der Waals surface area contributed by atoms with Crippen LogP contribution in [0.3, 0.4) is 0 Å². The van der Waals surface area contributed by atoms with E-state index in [1.807, 2.05) is 0 Å². The van der Waals surface area contributed by atoms with E-state index < -0.39 is 6.10 Å². The highest BCUT2D eigenvalue weighted by atomic mass is 16.5. The number of carbonyl (C=O) groups is 1. The van der Waals surface area contributed by atoms with Gasteiger partial charge in [-0.2, -0.15) is 0 Å².